The van der Waals surface area contributed by atoms with E-state index in [-0.39, 0.29) is 0 Å². The molecular formula is C23H30N2S. The molecule has 0 aliphatic heterocycles. The van der Waals surface area contributed by atoms with Crippen LogP contribution in [-0.4, -0.2) is 4.98 Å². The van der Waals surface area contributed by atoms with Crippen molar-refractivity contribution in [3.63, 3.8) is 0 Å². The van der Waals surface area contributed by atoms with Gasteiger partial charge in [0.25, 0.3) is 0 Å². The summed E-state index contributed by atoms with van der Waals surface area (Å²) >= 11 is 1.84. The van der Waals surface area contributed by atoms with Crippen molar-refractivity contribution in [2.75, 3.05) is 5.32 Å². The van der Waals surface area contributed by atoms with Gasteiger partial charge >= 0.3 is 0 Å². The molecule has 138 valence electrons. The van der Waals surface area contributed by atoms with Crippen LogP contribution in [0.1, 0.15) is 66.8 Å². The van der Waals surface area contributed by atoms with Crippen molar-refractivity contribution < 1.29 is 0 Å². The molecular weight excluding hydrogens is 336 g/mol. The molecule has 1 N–H and O–H groups in total. The Morgan fingerprint density at radius 2 is 2.04 bits per heavy atom. The summed E-state index contributed by atoms with van der Waals surface area (Å²) in [5.41, 5.74) is 7.47. The first-order valence-electron chi connectivity index (χ1n) is 10.0. The quantitative estimate of drug-likeness (QED) is 0.647. The van der Waals surface area contributed by atoms with Crippen LogP contribution in [0.3, 0.4) is 0 Å². The van der Waals surface area contributed by atoms with Gasteiger partial charge in [-0.1, -0.05) is 45.0 Å². The molecule has 0 saturated heterocycles. The first kappa shape index (κ1) is 17.8. The van der Waals surface area contributed by atoms with E-state index in [1.807, 2.05) is 11.3 Å². The summed E-state index contributed by atoms with van der Waals surface area (Å²) in [5, 5.41) is 4.53. The van der Waals surface area contributed by atoms with E-state index in [1.54, 1.807) is 11.1 Å². The lowest BCUT2D eigenvalue weighted by Crippen LogP contribution is -2.10. The maximum absolute atomic E-state index is 4.83. The maximum Gasteiger partial charge on any atom is 0.187 e. The lowest BCUT2D eigenvalue weighted by Gasteiger charge is -2.15. The zero-order valence-corrected chi connectivity index (χ0v) is 17.0. The van der Waals surface area contributed by atoms with Gasteiger partial charge in [-0.15, -0.1) is 11.3 Å². The van der Waals surface area contributed by atoms with E-state index < -0.39 is 0 Å². The normalized spacial score (nSPS) is 18.1. The molecule has 1 aromatic heterocycles. The Balaban J connectivity index is 1.38. The zero-order valence-electron chi connectivity index (χ0n) is 16.2. The van der Waals surface area contributed by atoms with E-state index in [0.29, 0.717) is 5.41 Å². The number of anilines is 1. The molecule has 2 nitrogen and oxygen atoms in total. The zero-order chi connectivity index (χ0) is 18.1. The Kier molecular flexibility index (Phi) is 4.92. The largest absolute Gasteiger partial charge is 0.336 e. The van der Waals surface area contributed by atoms with Gasteiger partial charge in [-0.2, -0.15) is 0 Å². The lowest BCUT2D eigenvalue weighted by molar-refractivity contribution is 0.392. The number of hydrogen-bond donors (Lipinski definition) is 1. The fourth-order valence-corrected chi connectivity index (χ4v) is 5.55. The van der Waals surface area contributed by atoms with E-state index in [0.717, 1.165) is 30.1 Å². The van der Waals surface area contributed by atoms with Crippen molar-refractivity contribution >= 4 is 16.5 Å². The molecule has 1 aromatic carbocycles. The highest BCUT2D eigenvalue weighted by molar-refractivity contribution is 7.15. The van der Waals surface area contributed by atoms with Gasteiger partial charge in [-0.3, -0.25) is 0 Å². The summed E-state index contributed by atoms with van der Waals surface area (Å²) in [6.45, 7) is 9.02. The van der Waals surface area contributed by atoms with Gasteiger partial charge in [0.15, 0.2) is 5.13 Å². The Hall–Kier alpha value is -1.61. The highest BCUT2D eigenvalue weighted by atomic mass is 32.1. The fourth-order valence-electron chi connectivity index (χ4n) is 4.45. The Morgan fingerprint density at radius 3 is 2.92 bits per heavy atom. The molecule has 4 rings (SSSR count). The van der Waals surface area contributed by atoms with E-state index >= 15 is 0 Å². The molecule has 0 saturated carbocycles. The summed E-state index contributed by atoms with van der Waals surface area (Å²) in [5.74, 6) is 0. The minimum absolute atomic E-state index is 0.409. The maximum atomic E-state index is 4.83. The van der Waals surface area contributed by atoms with Gasteiger partial charge in [0, 0.05) is 10.6 Å². The second kappa shape index (κ2) is 7.19. The highest BCUT2D eigenvalue weighted by Crippen LogP contribution is 2.38. The highest BCUT2D eigenvalue weighted by Gasteiger charge is 2.29. The standard InChI is InChI=1S/C23H30N2S/c1-16(24-22-25-20-10-5-4-6-11-21(20)26-22)12-13-17-8-7-9-18-14-23(2,3)15-19(17)18/h7-9H,1,4-6,10-15H2,2-3H3,(H,24,25). The molecule has 0 radical (unpaired) electrons. The molecule has 0 amide bonds. The fraction of sp³-hybridized carbons (Fsp3) is 0.522. The van der Waals surface area contributed by atoms with E-state index in [9.17, 15) is 0 Å². The smallest absolute Gasteiger partial charge is 0.187 e. The number of aromatic nitrogens is 1. The molecule has 0 unspecified atom stereocenters. The molecule has 3 heteroatoms. The van der Waals surface area contributed by atoms with E-state index in [1.165, 1.54) is 54.7 Å². The number of benzene rings is 1. The first-order valence-corrected chi connectivity index (χ1v) is 10.8. The van der Waals surface area contributed by atoms with Crippen molar-refractivity contribution in [3.8, 4) is 0 Å². The van der Waals surface area contributed by atoms with Crippen molar-refractivity contribution in [2.24, 2.45) is 5.41 Å². The summed E-state index contributed by atoms with van der Waals surface area (Å²) in [6, 6.07) is 6.84. The predicted octanol–water partition coefficient (Wildman–Crippen LogP) is 6.10. The number of rotatable bonds is 5. The second-order valence-corrected chi connectivity index (χ2v) is 9.83. The van der Waals surface area contributed by atoms with Gasteiger partial charge in [0.05, 0.1) is 5.69 Å². The SMILES string of the molecule is C=C(CCc1cccc2c1CC(C)(C)C2)Nc1nc2c(s1)CCCCC2. The van der Waals surface area contributed by atoms with E-state index in [2.05, 4.69) is 43.9 Å². The van der Waals surface area contributed by atoms with Crippen LogP contribution in [0, 0.1) is 5.41 Å². The number of fused-ring (bicyclic) bond motifs is 2. The first-order chi connectivity index (χ1) is 12.5. The Morgan fingerprint density at radius 1 is 1.19 bits per heavy atom. The number of thiazole rings is 1. The topological polar surface area (TPSA) is 24.9 Å². The summed E-state index contributed by atoms with van der Waals surface area (Å²) < 4.78 is 0. The molecule has 2 aromatic rings. The molecule has 0 atom stereocenters. The van der Waals surface area contributed by atoms with Crippen LogP contribution in [0.4, 0.5) is 5.13 Å². The van der Waals surface area contributed by atoms with Crippen molar-refractivity contribution in [1.82, 2.24) is 4.98 Å². The average molecular weight is 367 g/mol. The Bertz CT molecular complexity index is 792. The minimum Gasteiger partial charge on any atom is -0.336 e. The molecule has 2 aliphatic rings. The van der Waals surface area contributed by atoms with Crippen LogP contribution in [0.5, 0.6) is 0 Å². The van der Waals surface area contributed by atoms with Crippen molar-refractivity contribution in [1.29, 1.82) is 0 Å². The third-order valence-electron chi connectivity index (χ3n) is 5.77. The molecule has 1 heterocycles. The number of nitrogens with zero attached hydrogens (tertiary/aromatic N) is 1. The molecule has 2 aliphatic carbocycles. The second-order valence-electron chi connectivity index (χ2n) is 8.75. The number of allylic oxidation sites excluding steroid dienone is 1. The summed E-state index contributed by atoms with van der Waals surface area (Å²) in [6.07, 6.45) is 10.7. The van der Waals surface area contributed by atoms with Crippen LogP contribution in [0.25, 0.3) is 0 Å². The van der Waals surface area contributed by atoms with Crippen LogP contribution in [-0.2, 0) is 32.1 Å². The monoisotopic (exact) mass is 366 g/mol. The third-order valence-corrected chi connectivity index (χ3v) is 6.84. The van der Waals surface area contributed by atoms with Crippen LogP contribution >= 0.6 is 11.3 Å². The van der Waals surface area contributed by atoms with Crippen LogP contribution < -0.4 is 5.32 Å². The van der Waals surface area contributed by atoms with Gasteiger partial charge in [-0.05, 0) is 73.5 Å². The lowest BCUT2D eigenvalue weighted by atomic mass is 9.89. The summed E-state index contributed by atoms with van der Waals surface area (Å²) in [4.78, 5) is 6.32. The minimum atomic E-state index is 0.409. The molecule has 0 spiro atoms. The van der Waals surface area contributed by atoms with Gasteiger partial charge in [0.2, 0.25) is 0 Å². The van der Waals surface area contributed by atoms with Crippen LogP contribution in [0.15, 0.2) is 30.5 Å². The van der Waals surface area contributed by atoms with Gasteiger partial charge < -0.3 is 5.32 Å². The number of hydrogen-bond acceptors (Lipinski definition) is 3. The van der Waals surface area contributed by atoms with Crippen molar-refractivity contribution in [2.45, 2.75) is 71.6 Å². The molecule has 0 fully saturated rings. The van der Waals surface area contributed by atoms with Gasteiger partial charge in [0.1, 0.15) is 0 Å². The third kappa shape index (κ3) is 3.88. The molecule has 0 bridgehead atoms. The summed E-state index contributed by atoms with van der Waals surface area (Å²) in [7, 11) is 0. The average Bonchev–Trinajstić information content (AvgIpc) is 3.03. The Labute approximate surface area is 161 Å². The van der Waals surface area contributed by atoms with Crippen LogP contribution in [0.2, 0.25) is 0 Å². The van der Waals surface area contributed by atoms with E-state index in [4.69, 9.17) is 4.98 Å². The van der Waals surface area contributed by atoms with Crippen molar-refractivity contribution in [3.05, 3.63) is 57.7 Å². The predicted molar refractivity (Wildman–Crippen MR) is 112 cm³/mol. The number of aryl methyl sites for hydroxylation is 3. The molecule has 26 heavy (non-hydrogen) atoms. The number of nitrogens with one attached hydrogen (secondary N) is 1. The van der Waals surface area contributed by atoms with Gasteiger partial charge in [-0.25, -0.2) is 4.98 Å².